The highest BCUT2D eigenvalue weighted by atomic mass is 32.2. The summed E-state index contributed by atoms with van der Waals surface area (Å²) in [5.74, 6) is 0.161. The Morgan fingerprint density at radius 2 is 2.05 bits per heavy atom. The molecule has 0 atom stereocenters. The summed E-state index contributed by atoms with van der Waals surface area (Å²) in [6, 6.07) is 7.10. The molecule has 0 unspecified atom stereocenters. The Morgan fingerprint density at radius 3 is 2.70 bits per heavy atom. The number of rotatable bonds is 3. The number of hydrogen-bond acceptors (Lipinski definition) is 4. The van der Waals surface area contributed by atoms with Gasteiger partial charge >= 0.3 is 0 Å². The number of sulfonamides is 1. The fourth-order valence-electron chi connectivity index (χ4n) is 1.82. The van der Waals surface area contributed by atoms with Gasteiger partial charge in [0.1, 0.15) is 11.6 Å². The quantitative estimate of drug-likeness (QED) is 0.932. The Hall–Kier alpha value is -2.33. The van der Waals surface area contributed by atoms with Gasteiger partial charge in [0.2, 0.25) is 0 Å². The maximum absolute atomic E-state index is 12.4. The van der Waals surface area contributed by atoms with Gasteiger partial charge in [-0.1, -0.05) is 12.1 Å². The van der Waals surface area contributed by atoms with E-state index in [0.29, 0.717) is 5.56 Å². The zero-order valence-corrected chi connectivity index (χ0v) is 12.2. The van der Waals surface area contributed by atoms with Crippen molar-refractivity contribution in [2.75, 3.05) is 4.72 Å². The highest BCUT2D eigenvalue weighted by Crippen LogP contribution is 2.22. The third kappa shape index (κ3) is 2.51. The van der Waals surface area contributed by atoms with Gasteiger partial charge < -0.3 is 0 Å². The van der Waals surface area contributed by atoms with E-state index in [9.17, 15) is 8.42 Å². The number of benzene rings is 1. The van der Waals surface area contributed by atoms with Crippen LogP contribution in [0.5, 0.6) is 0 Å². The first kappa shape index (κ1) is 14.1. The Labute approximate surface area is 117 Å². The van der Waals surface area contributed by atoms with Crippen molar-refractivity contribution >= 4 is 15.8 Å². The minimum Gasteiger partial charge on any atom is -0.262 e. The maximum atomic E-state index is 12.4. The Bertz CT molecular complexity index is 800. The fraction of sp³-hybridized carbons (Fsp3) is 0.231. The first-order valence-corrected chi connectivity index (χ1v) is 7.35. The largest absolute Gasteiger partial charge is 0.263 e. The van der Waals surface area contributed by atoms with Crippen LogP contribution < -0.4 is 4.72 Å². The number of hydrogen-bond donors (Lipinski definition) is 1. The summed E-state index contributed by atoms with van der Waals surface area (Å²) in [4.78, 5) is 0.197. The van der Waals surface area contributed by atoms with Gasteiger partial charge in [-0.25, -0.2) is 8.42 Å². The second-order valence-electron chi connectivity index (χ2n) is 4.52. The van der Waals surface area contributed by atoms with Gasteiger partial charge in [-0.05, 0) is 31.0 Å². The number of aromatic nitrogens is 2. The van der Waals surface area contributed by atoms with E-state index < -0.39 is 10.0 Å². The minimum atomic E-state index is -3.75. The molecule has 1 aromatic carbocycles. The molecule has 0 aliphatic carbocycles. The molecule has 2 aromatic rings. The summed E-state index contributed by atoms with van der Waals surface area (Å²) in [5.41, 5.74) is 1.67. The van der Waals surface area contributed by atoms with Crippen molar-refractivity contribution < 1.29 is 8.42 Å². The van der Waals surface area contributed by atoms with Crippen molar-refractivity contribution in [3.63, 3.8) is 0 Å². The van der Waals surface area contributed by atoms with Gasteiger partial charge in [-0.3, -0.25) is 9.40 Å². The number of aryl methyl sites for hydroxylation is 3. The normalized spacial score (nSPS) is 11.1. The molecule has 104 valence electrons. The van der Waals surface area contributed by atoms with E-state index >= 15 is 0 Å². The van der Waals surface area contributed by atoms with Crippen LogP contribution in [0.4, 0.5) is 5.82 Å². The minimum absolute atomic E-state index is 0.161. The van der Waals surface area contributed by atoms with Crippen LogP contribution in [-0.2, 0) is 17.1 Å². The van der Waals surface area contributed by atoms with Crippen LogP contribution in [0.3, 0.4) is 0 Å². The molecule has 0 spiro atoms. The molecular weight excluding hydrogens is 276 g/mol. The zero-order valence-electron chi connectivity index (χ0n) is 11.4. The van der Waals surface area contributed by atoms with Gasteiger partial charge in [0.05, 0.1) is 11.1 Å². The highest BCUT2D eigenvalue weighted by molar-refractivity contribution is 7.92. The predicted molar refractivity (Wildman–Crippen MR) is 74.6 cm³/mol. The van der Waals surface area contributed by atoms with Crippen molar-refractivity contribution in [3.05, 3.63) is 41.1 Å². The lowest BCUT2D eigenvalue weighted by Crippen LogP contribution is -2.17. The number of nitrogens with one attached hydrogen (secondary N) is 1. The molecule has 0 saturated carbocycles. The molecule has 0 radical (unpaired) electrons. The number of nitrogens with zero attached hydrogens (tertiary/aromatic N) is 3. The van der Waals surface area contributed by atoms with Crippen molar-refractivity contribution in [2.24, 2.45) is 7.05 Å². The summed E-state index contributed by atoms with van der Waals surface area (Å²) in [6.45, 7) is 3.55. The molecule has 7 heteroatoms. The van der Waals surface area contributed by atoms with Gasteiger partial charge in [0.15, 0.2) is 5.82 Å². The van der Waals surface area contributed by atoms with E-state index in [1.54, 1.807) is 26.1 Å². The predicted octanol–water partition coefficient (Wildman–Crippen LogP) is 1.71. The molecular formula is C13H14N4O2S. The molecule has 0 bridgehead atoms. The average Bonchev–Trinajstić information content (AvgIpc) is 2.73. The molecule has 6 nitrogen and oxygen atoms in total. The van der Waals surface area contributed by atoms with Gasteiger partial charge in [0.25, 0.3) is 10.0 Å². The number of nitriles is 1. The molecule has 20 heavy (non-hydrogen) atoms. The van der Waals surface area contributed by atoms with Crippen LogP contribution >= 0.6 is 0 Å². The third-order valence-electron chi connectivity index (χ3n) is 2.92. The highest BCUT2D eigenvalue weighted by Gasteiger charge is 2.20. The first-order chi connectivity index (χ1) is 9.35. The zero-order chi connectivity index (χ0) is 14.9. The van der Waals surface area contributed by atoms with Gasteiger partial charge in [0, 0.05) is 7.05 Å². The molecule has 0 fully saturated rings. The van der Waals surface area contributed by atoms with Crippen LogP contribution in [0.25, 0.3) is 0 Å². The van der Waals surface area contributed by atoms with Crippen LogP contribution in [0.2, 0.25) is 0 Å². The second-order valence-corrected chi connectivity index (χ2v) is 6.17. The summed E-state index contributed by atoms with van der Waals surface area (Å²) >= 11 is 0. The Morgan fingerprint density at radius 1 is 1.35 bits per heavy atom. The molecule has 0 saturated heterocycles. The second kappa shape index (κ2) is 4.98. The van der Waals surface area contributed by atoms with E-state index in [1.807, 2.05) is 19.1 Å². The van der Waals surface area contributed by atoms with E-state index in [0.717, 1.165) is 5.56 Å². The fourth-order valence-corrected chi connectivity index (χ4v) is 3.26. The topological polar surface area (TPSA) is 87.8 Å². The van der Waals surface area contributed by atoms with E-state index in [4.69, 9.17) is 5.26 Å². The average molecular weight is 290 g/mol. The lowest BCUT2D eigenvalue weighted by Gasteiger charge is -2.11. The Kier molecular flexibility index (Phi) is 3.51. The molecule has 0 amide bonds. The summed E-state index contributed by atoms with van der Waals surface area (Å²) in [5, 5.41) is 12.8. The lowest BCUT2D eigenvalue weighted by molar-refractivity contribution is 0.599. The first-order valence-electron chi connectivity index (χ1n) is 5.87. The number of anilines is 1. The molecule has 1 N–H and O–H groups in total. The van der Waals surface area contributed by atoms with E-state index in [2.05, 4.69) is 9.82 Å². The smallest absolute Gasteiger partial charge is 0.262 e. The van der Waals surface area contributed by atoms with Crippen LogP contribution in [-0.4, -0.2) is 18.2 Å². The SMILES string of the molecule is Cc1ccc(C)c(S(=O)(=O)Nc2c(C#N)cnn2C)c1. The molecule has 1 aromatic heterocycles. The third-order valence-corrected chi connectivity index (χ3v) is 4.40. The maximum Gasteiger partial charge on any atom is 0.263 e. The van der Waals surface area contributed by atoms with E-state index in [1.165, 1.54) is 10.9 Å². The standard InChI is InChI=1S/C13H14N4O2S/c1-9-4-5-10(2)12(6-9)20(18,19)16-13-11(7-14)8-15-17(13)3/h4-6,8,16H,1-3H3. The van der Waals surface area contributed by atoms with Gasteiger partial charge in [-0.2, -0.15) is 10.4 Å². The monoisotopic (exact) mass is 290 g/mol. The van der Waals surface area contributed by atoms with Crippen LogP contribution in [0.15, 0.2) is 29.3 Å². The molecule has 1 heterocycles. The van der Waals surface area contributed by atoms with Crippen molar-refractivity contribution in [1.29, 1.82) is 5.26 Å². The Balaban J connectivity index is 2.49. The summed E-state index contributed by atoms with van der Waals surface area (Å²) in [6.07, 6.45) is 1.32. The van der Waals surface area contributed by atoms with Crippen molar-refractivity contribution in [3.8, 4) is 6.07 Å². The lowest BCUT2D eigenvalue weighted by atomic mass is 10.2. The van der Waals surface area contributed by atoms with E-state index in [-0.39, 0.29) is 16.3 Å². The van der Waals surface area contributed by atoms with Crippen LogP contribution in [0, 0.1) is 25.2 Å². The van der Waals surface area contributed by atoms with Crippen LogP contribution in [0.1, 0.15) is 16.7 Å². The summed E-state index contributed by atoms with van der Waals surface area (Å²) in [7, 11) is -2.18. The molecule has 0 aliphatic heterocycles. The van der Waals surface area contributed by atoms with Crippen molar-refractivity contribution in [1.82, 2.24) is 9.78 Å². The van der Waals surface area contributed by atoms with Crippen molar-refractivity contribution in [2.45, 2.75) is 18.7 Å². The molecule has 0 aliphatic rings. The summed E-state index contributed by atoms with van der Waals surface area (Å²) < 4.78 is 28.6. The van der Waals surface area contributed by atoms with Gasteiger partial charge in [-0.15, -0.1) is 0 Å². The molecule has 2 rings (SSSR count).